The molecule has 4 aromatic rings. The van der Waals surface area contributed by atoms with E-state index in [9.17, 15) is 14.6 Å². The summed E-state index contributed by atoms with van der Waals surface area (Å²) in [6.07, 6.45) is 0. The van der Waals surface area contributed by atoms with Crippen LogP contribution in [0.1, 0.15) is 0 Å². The number of nitrogens with zero attached hydrogens (tertiary/aromatic N) is 4. The molecule has 1 heterocycles. The predicted molar refractivity (Wildman–Crippen MR) is 131 cm³/mol. The summed E-state index contributed by atoms with van der Waals surface area (Å²) in [7, 11) is 3.85. The van der Waals surface area contributed by atoms with Gasteiger partial charge in [0.1, 0.15) is 5.82 Å². The molecule has 33 heavy (non-hydrogen) atoms. The van der Waals surface area contributed by atoms with Crippen molar-refractivity contribution in [2.75, 3.05) is 50.2 Å². The number of aliphatic hydroxyl groups is 2. The number of aromatic nitrogens is 2. The van der Waals surface area contributed by atoms with Crippen LogP contribution in [0.5, 0.6) is 0 Å². The van der Waals surface area contributed by atoms with E-state index in [1.165, 1.54) is 12.1 Å². The van der Waals surface area contributed by atoms with Crippen molar-refractivity contribution in [3.63, 3.8) is 0 Å². The fourth-order valence-corrected chi connectivity index (χ4v) is 3.74. The van der Waals surface area contributed by atoms with E-state index < -0.39 is 0 Å². The summed E-state index contributed by atoms with van der Waals surface area (Å²) in [5.41, 5.74) is 6.22. The molecule has 7 heteroatoms. The van der Waals surface area contributed by atoms with Crippen LogP contribution < -0.4 is 9.80 Å². The number of hydrogen-bond donors (Lipinski definition) is 2. The molecule has 0 fully saturated rings. The third-order valence-corrected chi connectivity index (χ3v) is 5.66. The molecule has 0 bridgehead atoms. The number of anilines is 2. The molecule has 6 nitrogen and oxygen atoms in total. The Balaban J connectivity index is 1.80. The van der Waals surface area contributed by atoms with Crippen molar-refractivity contribution in [2.45, 2.75) is 0 Å². The fourth-order valence-electron chi connectivity index (χ4n) is 3.74. The second-order valence-corrected chi connectivity index (χ2v) is 7.94. The third-order valence-electron chi connectivity index (χ3n) is 5.66. The molecule has 0 saturated carbocycles. The minimum absolute atomic E-state index is 0.0770. The molecule has 0 aliphatic rings. The van der Waals surface area contributed by atoms with E-state index in [2.05, 4.69) is 0 Å². The van der Waals surface area contributed by atoms with Crippen molar-refractivity contribution < 1.29 is 14.6 Å². The Morgan fingerprint density at radius 2 is 1.12 bits per heavy atom. The molecule has 170 valence electrons. The number of likely N-dealkylation sites (N-methyl/N-ethyl adjacent to an activating group) is 2. The van der Waals surface area contributed by atoms with Crippen LogP contribution >= 0.6 is 0 Å². The maximum absolute atomic E-state index is 13.9. The lowest BCUT2D eigenvalue weighted by atomic mass is 10.0. The van der Waals surface area contributed by atoms with Gasteiger partial charge in [0.05, 0.1) is 35.6 Å². The molecule has 0 atom stereocenters. The van der Waals surface area contributed by atoms with Gasteiger partial charge in [-0.05, 0) is 36.4 Å². The Hall–Kier alpha value is -3.55. The molecule has 1 aromatic heterocycles. The first kappa shape index (κ1) is 22.6. The zero-order chi connectivity index (χ0) is 23.4. The van der Waals surface area contributed by atoms with Gasteiger partial charge in [0.15, 0.2) is 0 Å². The Labute approximate surface area is 192 Å². The molecule has 0 spiro atoms. The highest BCUT2D eigenvalue weighted by atomic mass is 19.1. The number of aliphatic hydroxyl groups excluding tert-OH is 2. The highest BCUT2D eigenvalue weighted by molar-refractivity contribution is 5.86. The molecule has 0 amide bonds. The van der Waals surface area contributed by atoms with E-state index in [4.69, 9.17) is 9.97 Å². The summed E-state index contributed by atoms with van der Waals surface area (Å²) in [5.74, 6) is -0.354. The molecular weight excluding hydrogens is 419 g/mol. The molecule has 3 aromatic carbocycles. The Morgan fingerprint density at radius 1 is 0.667 bits per heavy atom. The number of fused-ring (bicyclic) bond motifs is 1. The summed E-state index contributed by atoms with van der Waals surface area (Å²) in [6, 6.07) is 20.2. The molecule has 4 rings (SSSR count). The number of halogens is 1. The van der Waals surface area contributed by atoms with Crippen LogP contribution in [0.3, 0.4) is 0 Å². The smallest absolute Gasteiger partial charge is 0.125 e. The average molecular weight is 447 g/mol. The van der Waals surface area contributed by atoms with E-state index in [0.717, 1.165) is 22.5 Å². The number of rotatable bonds is 8. The first-order valence-corrected chi connectivity index (χ1v) is 10.8. The van der Waals surface area contributed by atoms with Crippen molar-refractivity contribution in [1.29, 1.82) is 0 Å². The lowest BCUT2D eigenvalue weighted by Gasteiger charge is -2.19. The van der Waals surface area contributed by atoms with Crippen molar-refractivity contribution in [3.05, 3.63) is 72.5 Å². The Bertz CT molecular complexity index is 1230. The molecule has 0 aliphatic carbocycles. The van der Waals surface area contributed by atoms with Gasteiger partial charge in [0.2, 0.25) is 0 Å². The SMILES string of the molecule is CN(CCO)c1ccc(-c2nc3ccc(F)cc3nc2-c2ccc(N(C)CCO)cc2)cc1. The van der Waals surface area contributed by atoms with Crippen LogP contribution in [-0.2, 0) is 0 Å². The van der Waals surface area contributed by atoms with Crippen LogP contribution in [0, 0.1) is 5.82 Å². The van der Waals surface area contributed by atoms with Crippen molar-refractivity contribution in [1.82, 2.24) is 9.97 Å². The monoisotopic (exact) mass is 446 g/mol. The van der Waals surface area contributed by atoms with Gasteiger partial charge in [-0.15, -0.1) is 0 Å². The highest BCUT2D eigenvalue weighted by Crippen LogP contribution is 2.33. The summed E-state index contributed by atoms with van der Waals surface area (Å²) >= 11 is 0. The average Bonchev–Trinajstić information content (AvgIpc) is 2.84. The van der Waals surface area contributed by atoms with E-state index >= 15 is 0 Å². The topological polar surface area (TPSA) is 72.7 Å². The maximum Gasteiger partial charge on any atom is 0.125 e. The second kappa shape index (κ2) is 9.94. The Kier molecular flexibility index (Phi) is 6.82. The second-order valence-electron chi connectivity index (χ2n) is 7.94. The first-order chi connectivity index (χ1) is 16.0. The first-order valence-electron chi connectivity index (χ1n) is 10.8. The van der Waals surface area contributed by atoms with E-state index in [1.54, 1.807) is 6.07 Å². The van der Waals surface area contributed by atoms with Crippen molar-refractivity contribution >= 4 is 22.4 Å². The fraction of sp³-hybridized carbons (Fsp3) is 0.231. The minimum Gasteiger partial charge on any atom is -0.395 e. The van der Waals surface area contributed by atoms with Crippen LogP contribution in [0.15, 0.2) is 66.7 Å². The molecule has 2 N–H and O–H groups in total. The van der Waals surface area contributed by atoms with Gasteiger partial charge >= 0.3 is 0 Å². The lowest BCUT2D eigenvalue weighted by molar-refractivity contribution is 0.304. The van der Waals surface area contributed by atoms with Crippen LogP contribution in [-0.4, -0.2) is 60.6 Å². The van der Waals surface area contributed by atoms with Crippen LogP contribution in [0.2, 0.25) is 0 Å². The summed E-state index contributed by atoms with van der Waals surface area (Å²) < 4.78 is 13.9. The molecule has 0 unspecified atom stereocenters. The molecule has 0 saturated heterocycles. The van der Waals surface area contributed by atoms with Crippen molar-refractivity contribution in [3.8, 4) is 22.5 Å². The van der Waals surface area contributed by atoms with Crippen LogP contribution in [0.4, 0.5) is 15.8 Å². The van der Waals surface area contributed by atoms with Gasteiger partial charge in [-0.25, -0.2) is 14.4 Å². The van der Waals surface area contributed by atoms with Crippen molar-refractivity contribution in [2.24, 2.45) is 0 Å². The maximum atomic E-state index is 13.9. The minimum atomic E-state index is -0.354. The Morgan fingerprint density at radius 3 is 1.58 bits per heavy atom. The number of benzene rings is 3. The molecular formula is C26H27FN4O2. The largest absolute Gasteiger partial charge is 0.395 e. The van der Waals surface area contributed by atoms with Crippen LogP contribution in [0.25, 0.3) is 33.5 Å². The summed E-state index contributed by atoms with van der Waals surface area (Å²) in [4.78, 5) is 13.6. The standard InChI is InChI=1S/C26H27FN4O2/c1-30(13-15-32)21-8-3-18(4-9-21)25-26(29-24-17-20(27)7-12-23(24)28-25)19-5-10-22(11-6-19)31(2)14-16-33/h3-12,17,32-33H,13-16H2,1-2H3. The zero-order valence-corrected chi connectivity index (χ0v) is 18.7. The van der Waals surface area contributed by atoms with Gasteiger partial charge in [-0.1, -0.05) is 24.3 Å². The van der Waals surface area contributed by atoms with E-state index in [0.29, 0.717) is 35.5 Å². The normalized spacial score (nSPS) is 11.1. The molecule has 0 aliphatic heterocycles. The summed E-state index contributed by atoms with van der Waals surface area (Å²) in [5, 5.41) is 18.4. The quantitative estimate of drug-likeness (QED) is 0.427. The van der Waals surface area contributed by atoms with E-state index in [-0.39, 0.29) is 19.0 Å². The zero-order valence-electron chi connectivity index (χ0n) is 18.7. The van der Waals surface area contributed by atoms with Gasteiger partial charge in [-0.2, -0.15) is 0 Å². The van der Waals surface area contributed by atoms with E-state index in [1.807, 2.05) is 72.4 Å². The van der Waals surface area contributed by atoms with Gasteiger partial charge in [0, 0.05) is 55.8 Å². The van der Waals surface area contributed by atoms with Gasteiger partial charge < -0.3 is 20.0 Å². The lowest BCUT2D eigenvalue weighted by Crippen LogP contribution is -2.20. The summed E-state index contributed by atoms with van der Waals surface area (Å²) in [6.45, 7) is 1.24. The number of hydrogen-bond acceptors (Lipinski definition) is 6. The molecule has 0 radical (unpaired) electrons. The predicted octanol–water partition coefficient (Wildman–Crippen LogP) is 3.96. The van der Waals surface area contributed by atoms with Gasteiger partial charge in [0.25, 0.3) is 0 Å². The highest BCUT2D eigenvalue weighted by Gasteiger charge is 2.15. The third kappa shape index (κ3) is 4.94. The van der Waals surface area contributed by atoms with Gasteiger partial charge in [-0.3, -0.25) is 0 Å².